The second kappa shape index (κ2) is 20.3. The molecule has 9 heteroatoms. The molecule has 8 nitrogen and oxygen atoms in total. The van der Waals surface area contributed by atoms with Gasteiger partial charge in [0.05, 0.1) is 26.9 Å². The van der Waals surface area contributed by atoms with Gasteiger partial charge in [0.1, 0.15) is 6.61 Å². The van der Waals surface area contributed by atoms with Gasteiger partial charge in [-0.25, -0.2) is 4.99 Å². The van der Waals surface area contributed by atoms with Crippen LogP contribution in [0.1, 0.15) is 32.8 Å². The van der Waals surface area contributed by atoms with E-state index in [0.717, 1.165) is 62.2 Å². The zero-order valence-electron chi connectivity index (χ0n) is 20.4. The van der Waals surface area contributed by atoms with E-state index in [9.17, 15) is 0 Å². The maximum atomic E-state index is 5.94. The van der Waals surface area contributed by atoms with Gasteiger partial charge in [-0.15, -0.1) is 24.0 Å². The molecule has 0 amide bonds. The summed E-state index contributed by atoms with van der Waals surface area (Å²) in [4.78, 5) is 7.00. The van der Waals surface area contributed by atoms with Crippen molar-refractivity contribution in [3.63, 3.8) is 0 Å². The molecule has 0 fully saturated rings. The molecule has 0 saturated heterocycles. The lowest BCUT2D eigenvalue weighted by Crippen LogP contribution is -2.38. The van der Waals surface area contributed by atoms with Crippen molar-refractivity contribution in [1.82, 2.24) is 15.5 Å². The van der Waals surface area contributed by atoms with E-state index in [4.69, 9.17) is 18.9 Å². The van der Waals surface area contributed by atoms with Crippen molar-refractivity contribution in [2.75, 3.05) is 73.4 Å². The third-order valence-corrected chi connectivity index (χ3v) is 4.74. The summed E-state index contributed by atoms with van der Waals surface area (Å²) in [5.41, 5.74) is 1.06. The first-order chi connectivity index (χ1) is 15.2. The van der Waals surface area contributed by atoms with Crippen LogP contribution < -0.4 is 20.1 Å². The van der Waals surface area contributed by atoms with Gasteiger partial charge >= 0.3 is 0 Å². The Balaban J connectivity index is 0.00000961. The Morgan fingerprint density at radius 2 is 1.75 bits per heavy atom. The van der Waals surface area contributed by atoms with E-state index in [2.05, 4.69) is 41.3 Å². The van der Waals surface area contributed by atoms with Crippen LogP contribution in [0, 0.1) is 0 Å². The van der Waals surface area contributed by atoms with Crippen molar-refractivity contribution < 1.29 is 18.9 Å². The lowest BCUT2D eigenvalue weighted by atomic mass is 10.2. The Bertz CT molecular complexity index is 616. The van der Waals surface area contributed by atoms with Crippen molar-refractivity contribution in [1.29, 1.82) is 0 Å². The molecular formula is C23H43IN4O4. The van der Waals surface area contributed by atoms with Gasteiger partial charge in [-0.05, 0) is 44.1 Å². The van der Waals surface area contributed by atoms with E-state index in [1.54, 1.807) is 14.2 Å². The van der Waals surface area contributed by atoms with Gasteiger partial charge < -0.3 is 34.5 Å². The topological polar surface area (TPSA) is 76.6 Å². The summed E-state index contributed by atoms with van der Waals surface area (Å²) in [7, 11) is 3.34. The summed E-state index contributed by atoms with van der Waals surface area (Å²) < 4.78 is 21.9. The molecule has 0 spiro atoms. The first-order valence-corrected chi connectivity index (χ1v) is 11.3. The maximum absolute atomic E-state index is 5.94. The number of methoxy groups -OCH3 is 2. The second-order valence-electron chi connectivity index (χ2n) is 6.94. The van der Waals surface area contributed by atoms with E-state index in [1.807, 2.05) is 18.2 Å². The quantitative estimate of drug-likeness (QED) is 0.130. The minimum absolute atomic E-state index is 0. The zero-order chi connectivity index (χ0) is 22.7. The normalized spacial score (nSPS) is 11.2. The summed E-state index contributed by atoms with van der Waals surface area (Å²) in [6.45, 7) is 14.1. The van der Waals surface area contributed by atoms with Crippen LogP contribution in [0.4, 0.5) is 0 Å². The highest BCUT2D eigenvalue weighted by Gasteiger charge is 2.07. The Labute approximate surface area is 211 Å². The second-order valence-corrected chi connectivity index (χ2v) is 6.94. The lowest BCUT2D eigenvalue weighted by Gasteiger charge is -2.19. The molecule has 0 aliphatic rings. The molecule has 0 unspecified atom stereocenters. The number of hydrogen-bond acceptors (Lipinski definition) is 6. The summed E-state index contributed by atoms with van der Waals surface area (Å²) in [5.74, 6) is 2.29. The highest BCUT2D eigenvalue weighted by Crippen LogP contribution is 2.28. The highest BCUT2D eigenvalue weighted by atomic mass is 127. The summed E-state index contributed by atoms with van der Waals surface area (Å²) in [6.07, 6.45) is 0.904. The van der Waals surface area contributed by atoms with Gasteiger partial charge in [0.25, 0.3) is 0 Å². The first kappa shape index (κ1) is 30.7. The minimum Gasteiger partial charge on any atom is -0.493 e. The smallest absolute Gasteiger partial charge is 0.191 e. The van der Waals surface area contributed by atoms with Crippen LogP contribution in [0.2, 0.25) is 0 Å². The molecule has 32 heavy (non-hydrogen) atoms. The number of hydrogen-bond donors (Lipinski definition) is 2. The molecule has 0 radical (unpaired) electrons. The third kappa shape index (κ3) is 13.3. The molecule has 1 aromatic rings. The fourth-order valence-electron chi connectivity index (χ4n) is 2.89. The fourth-order valence-corrected chi connectivity index (χ4v) is 2.89. The van der Waals surface area contributed by atoms with E-state index in [0.29, 0.717) is 33.0 Å². The van der Waals surface area contributed by atoms with Crippen molar-refractivity contribution in [3.8, 4) is 11.5 Å². The summed E-state index contributed by atoms with van der Waals surface area (Å²) in [5, 5.41) is 6.61. The fraction of sp³-hybridized carbons (Fsp3) is 0.696. The standard InChI is InChI=1S/C23H42N4O4.HI/c1-6-24-23(25-12-9-14-30-17-16-28-4)26-19-20-10-11-21(22(18-20)29-5)31-15-13-27(7-2)8-3;/h10-11,18H,6-9,12-17,19H2,1-5H3,(H2,24,25,26);1H. The Morgan fingerprint density at radius 1 is 0.969 bits per heavy atom. The van der Waals surface area contributed by atoms with Crippen molar-refractivity contribution in [2.45, 2.75) is 33.7 Å². The predicted octanol–water partition coefficient (Wildman–Crippen LogP) is 3.14. The van der Waals surface area contributed by atoms with Gasteiger partial charge in [-0.2, -0.15) is 0 Å². The Morgan fingerprint density at radius 3 is 2.41 bits per heavy atom. The van der Waals surface area contributed by atoms with Gasteiger partial charge in [0.15, 0.2) is 17.5 Å². The molecule has 0 heterocycles. The Kier molecular flexibility index (Phi) is 19.5. The number of aliphatic imine (C=N–C) groups is 1. The average molecular weight is 567 g/mol. The number of nitrogens with zero attached hydrogens (tertiary/aromatic N) is 2. The molecule has 0 atom stereocenters. The molecular weight excluding hydrogens is 523 g/mol. The van der Waals surface area contributed by atoms with Crippen molar-refractivity contribution in [3.05, 3.63) is 23.8 Å². The summed E-state index contributed by atoms with van der Waals surface area (Å²) in [6, 6.07) is 5.99. The van der Waals surface area contributed by atoms with Gasteiger partial charge in [-0.1, -0.05) is 19.9 Å². The largest absolute Gasteiger partial charge is 0.493 e. The van der Waals surface area contributed by atoms with E-state index < -0.39 is 0 Å². The van der Waals surface area contributed by atoms with E-state index in [1.165, 1.54) is 0 Å². The number of rotatable bonds is 17. The number of halogens is 1. The Hall–Kier alpha value is -1.30. The number of guanidine groups is 1. The van der Waals surface area contributed by atoms with E-state index in [-0.39, 0.29) is 24.0 Å². The monoisotopic (exact) mass is 566 g/mol. The van der Waals surface area contributed by atoms with Crippen molar-refractivity contribution in [2.24, 2.45) is 4.99 Å². The summed E-state index contributed by atoms with van der Waals surface area (Å²) >= 11 is 0. The van der Waals surface area contributed by atoms with E-state index >= 15 is 0 Å². The molecule has 1 aromatic carbocycles. The zero-order valence-corrected chi connectivity index (χ0v) is 22.8. The van der Waals surface area contributed by atoms with Crippen LogP contribution in [0.5, 0.6) is 11.5 Å². The number of nitrogens with one attached hydrogen (secondary N) is 2. The molecule has 0 aliphatic heterocycles. The van der Waals surface area contributed by atoms with Gasteiger partial charge in [0, 0.05) is 33.4 Å². The van der Waals surface area contributed by atoms with Crippen molar-refractivity contribution >= 4 is 29.9 Å². The van der Waals surface area contributed by atoms with Crippen LogP contribution in [-0.2, 0) is 16.0 Å². The lowest BCUT2D eigenvalue weighted by molar-refractivity contribution is 0.0698. The minimum atomic E-state index is 0. The molecule has 0 aliphatic carbocycles. The average Bonchev–Trinajstić information content (AvgIpc) is 2.80. The highest BCUT2D eigenvalue weighted by molar-refractivity contribution is 14.0. The van der Waals surface area contributed by atoms with Crippen LogP contribution >= 0.6 is 24.0 Å². The predicted molar refractivity (Wildman–Crippen MR) is 142 cm³/mol. The van der Waals surface area contributed by atoms with Crippen LogP contribution in [0.3, 0.4) is 0 Å². The van der Waals surface area contributed by atoms with Gasteiger partial charge in [0.2, 0.25) is 0 Å². The molecule has 186 valence electrons. The molecule has 0 aromatic heterocycles. The van der Waals surface area contributed by atoms with Crippen LogP contribution in [-0.4, -0.2) is 84.2 Å². The SMILES string of the molecule is CCNC(=NCc1ccc(OCCN(CC)CC)c(OC)c1)NCCCOCCOC.I. The third-order valence-electron chi connectivity index (χ3n) is 4.74. The number of benzene rings is 1. The molecule has 2 N–H and O–H groups in total. The number of ether oxygens (including phenoxy) is 4. The molecule has 0 saturated carbocycles. The van der Waals surface area contributed by atoms with Crippen LogP contribution in [0.15, 0.2) is 23.2 Å². The molecule has 1 rings (SSSR count). The van der Waals surface area contributed by atoms with Crippen LogP contribution in [0.25, 0.3) is 0 Å². The molecule has 0 bridgehead atoms. The number of likely N-dealkylation sites (N-methyl/N-ethyl adjacent to an activating group) is 1. The maximum Gasteiger partial charge on any atom is 0.191 e. The first-order valence-electron chi connectivity index (χ1n) is 11.3. The van der Waals surface area contributed by atoms with Gasteiger partial charge in [-0.3, -0.25) is 0 Å².